The van der Waals surface area contributed by atoms with Crippen molar-refractivity contribution in [2.75, 3.05) is 14.1 Å². The molecular formula is C18H38ClNO. The van der Waals surface area contributed by atoms with Crippen molar-refractivity contribution >= 4 is 12.4 Å². The van der Waals surface area contributed by atoms with E-state index in [-0.39, 0.29) is 24.0 Å². The molecule has 0 heterocycles. The minimum Gasteiger partial charge on any atom is -0.393 e. The molecule has 0 radical (unpaired) electrons. The predicted molar refractivity (Wildman–Crippen MR) is 95.4 cm³/mol. The summed E-state index contributed by atoms with van der Waals surface area (Å²) in [6, 6.07) is 0. The van der Waals surface area contributed by atoms with Crippen molar-refractivity contribution in [2.24, 2.45) is 0 Å². The number of rotatable bonds is 10. The van der Waals surface area contributed by atoms with Gasteiger partial charge >= 0.3 is 0 Å². The van der Waals surface area contributed by atoms with E-state index in [2.05, 4.69) is 25.9 Å². The molecule has 1 saturated carbocycles. The number of aliphatic hydroxyl groups is 1. The minimum atomic E-state index is -0.0957. The highest BCUT2D eigenvalue weighted by atomic mass is 35.5. The van der Waals surface area contributed by atoms with Gasteiger partial charge in [0.05, 0.1) is 6.10 Å². The SMILES string of the molecule is CCCCCCCCC(O)CC1(N(C)C)CCCCC1.Cl. The van der Waals surface area contributed by atoms with Crippen LogP contribution < -0.4 is 0 Å². The molecule has 0 aromatic heterocycles. The molecule has 0 spiro atoms. The molecule has 0 aromatic carbocycles. The summed E-state index contributed by atoms with van der Waals surface area (Å²) in [5.74, 6) is 0. The zero-order chi connectivity index (χ0) is 14.8. The van der Waals surface area contributed by atoms with E-state index in [1.54, 1.807) is 0 Å². The summed E-state index contributed by atoms with van der Waals surface area (Å²) >= 11 is 0. The first-order valence-electron chi connectivity index (χ1n) is 8.96. The molecular weight excluding hydrogens is 282 g/mol. The summed E-state index contributed by atoms with van der Waals surface area (Å²) in [5.41, 5.74) is 0.278. The van der Waals surface area contributed by atoms with Gasteiger partial charge in [0.1, 0.15) is 0 Å². The Morgan fingerprint density at radius 3 is 2.10 bits per heavy atom. The highest BCUT2D eigenvalue weighted by Gasteiger charge is 2.35. The van der Waals surface area contributed by atoms with Crippen molar-refractivity contribution in [1.29, 1.82) is 0 Å². The number of aliphatic hydroxyl groups excluding tert-OH is 1. The van der Waals surface area contributed by atoms with Crippen molar-refractivity contribution in [2.45, 2.75) is 102 Å². The van der Waals surface area contributed by atoms with Crippen LogP contribution in [0.25, 0.3) is 0 Å². The first-order chi connectivity index (χ1) is 9.60. The molecule has 0 aromatic rings. The van der Waals surface area contributed by atoms with E-state index >= 15 is 0 Å². The Bertz CT molecular complexity index is 239. The molecule has 1 aliphatic carbocycles. The van der Waals surface area contributed by atoms with Crippen LogP contribution in [-0.4, -0.2) is 35.7 Å². The van der Waals surface area contributed by atoms with Crippen LogP contribution >= 0.6 is 12.4 Å². The fraction of sp³-hybridized carbons (Fsp3) is 1.00. The number of halogens is 1. The fourth-order valence-corrected chi connectivity index (χ4v) is 3.74. The van der Waals surface area contributed by atoms with Gasteiger partial charge in [0.2, 0.25) is 0 Å². The van der Waals surface area contributed by atoms with E-state index in [1.807, 2.05) is 0 Å². The second-order valence-electron chi connectivity index (χ2n) is 7.09. The highest BCUT2D eigenvalue weighted by Crippen LogP contribution is 2.36. The average molecular weight is 320 g/mol. The Morgan fingerprint density at radius 1 is 0.952 bits per heavy atom. The van der Waals surface area contributed by atoms with Crippen LogP contribution in [0.15, 0.2) is 0 Å². The molecule has 1 unspecified atom stereocenters. The van der Waals surface area contributed by atoms with Gasteiger partial charge in [-0.05, 0) is 39.8 Å². The summed E-state index contributed by atoms with van der Waals surface area (Å²) in [6.45, 7) is 2.26. The molecule has 0 amide bonds. The van der Waals surface area contributed by atoms with Crippen LogP contribution in [-0.2, 0) is 0 Å². The fourth-order valence-electron chi connectivity index (χ4n) is 3.74. The Morgan fingerprint density at radius 2 is 1.52 bits per heavy atom. The Balaban J connectivity index is 0.00000400. The van der Waals surface area contributed by atoms with Crippen molar-refractivity contribution in [3.8, 4) is 0 Å². The minimum absolute atomic E-state index is 0. The molecule has 0 aliphatic heterocycles. The third-order valence-electron chi connectivity index (χ3n) is 5.24. The zero-order valence-corrected chi connectivity index (χ0v) is 15.4. The standard InChI is InChI=1S/C18H37NO.ClH/c1-4-5-6-7-8-10-13-17(20)16-18(19(2)3)14-11-9-12-15-18;/h17,20H,4-16H2,1-3H3;1H. The predicted octanol–water partition coefficient (Wildman–Crippen LogP) is 5.17. The van der Waals surface area contributed by atoms with Gasteiger partial charge in [-0.25, -0.2) is 0 Å². The first-order valence-corrected chi connectivity index (χ1v) is 8.96. The smallest absolute Gasteiger partial charge is 0.0557 e. The van der Waals surface area contributed by atoms with Crippen molar-refractivity contribution in [3.05, 3.63) is 0 Å². The lowest BCUT2D eigenvalue weighted by Crippen LogP contribution is -2.48. The average Bonchev–Trinajstić information content (AvgIpc) is 2.43. The third-order valence-corrected chi connectivity index (χ3v) is 5.24. The highest BCUT2D eigenvalue weighted by molar-refractivity contribution is 5.85. The maximum Gasteiger partial charge on any atom is 0.0557 e. The van der Waals surface area contributed by atoms with E-state index in [1.165, 1.54) is 70.6 Å². The largest absolute Gasteiger partial charge is 0.393 e. The molecule has 0 saturated heterocycles. The van der Waals surface area contributed by atoms with Crippen LogP contribution in [0, 0.1) is 0 Å². The van der Waals surface area contributed by atoms with Gasteiger partial charge in [0, 0.05) is 5.54 Å². The van der Waals surface area contributed by atoms with Crippen LogP contribution in [0.1, 0.15) is 90.4 Å². The van der Waals surface area contributed by atoms with Crippen LogP contribution in [0.5, 0.6) is 0 Å². The van der Waals surface area contributed by atoms with Crippen molar-refractivity contribution in [1.82, 2.24) is 4.90 Å². The quantitative estimate of drug-likeness (QED) is 0.561. The summed E-state index contributed by atoms with van der Waals surface area (Å²) in [7, 11) is 4.39. The van der Waals surface area contributed by atoms with Gasteiger partial charge in [0.25, 0.3) is 0 Å². The molecule has 1 N–H and O–H groups in total. The zero-order valence-electron chi connectivity index (χ0n) is 14.6. The summed E-state index contributed by atoms with van der Waals surface area (Å²) in [6.07, 6.45) is 16.4. The van der Waals surface area contributed by atoms with E-state index in [9.17, 15) is 5.11 Å². The topological polar surface area (TPSA) is 23.5 Å². The first kappa shape index (κ1) is 21.2. The maximum atomic E-state index is 10.4. The third kappa shape index (κ3) is 7.85. The molecule has 1 atom stereocenters. The molecule has 1 fully saturated rings. The molecule has 3 heteroatoms. The monoisotopic (exact) mass is 319 g/mol. The van der Waals surface area contributed by atoms with Gasteiger partial charge in [-0.2, -0.15) is 0 Å². The van der Waals surface area contributed by atoms with E-state index in [0.29, 0.717) is 0 Å². The van der Waals surface area contributed by atoms with Crippen LogP contribution in [0.3, 0.4) is 0 Å². The van der Waals surface area contributed by atoms with Gasteiger partial charge in [-0.3, -0.25) is 0 Å². The van der Waals surface area contributed by atoms with Crippen molar-refractivity contribution in [3.63, 3.8) is 0 Å². The second kappa shape index (κ2) is 11.7. The Hall–Kier alpha value is 0.210. The maximum absolute atomic E-state index is 10.4. The van der Waals surface area contributed by atoms with Crippen molar-refractivity contribution < 1.29 is 5.11 Å². The number of nitrogens with zero attached hydrogens (tertiary/aromatic N) is 1. The summed E-state index contributed by atoms with van der Waals surface area (Å²) < 4.78 is 0. The normalized spacial score (nSPS) is 19.3. The molecule has 0 bridgehead atoms. The molecule has 21 heavy (non-hydrogen) atoms. The lowest BCUT2D eigenvalue weighted by molar-refractivity contribution is 0.0290. The van der Waals surface area contributed by atoms with Gasteiger partial charge in [-0.1, -0.05) is 64.7 Å². The molecule has 1 aliphatic rings. The number of hydrogen-bond acceptors (Lipinski definition) is 2. The van der Waals surface area contributed by atoms with Gasteiger partial charge in [-0.15, -0.1) is 12.4 Å². The molecule has 1 rings (SSSR count). The van der Waals surface area contributed by atoms with E-state index in [0.717, 1.165) is 12.8 Å². The van der Waals surface area contributed by atoms with E-state index in [4.69, 9.17) is 0 Å². The van der Waals surface area contributed by atoms with Crippen LogP contribution in [0.2, 0.25) is 0 Å². The summed E-state index contributed by atoms with van der Waals surface area (Å²) in [4.78, 5) is 2.39. The van der Waals surface area contributed by atoms with Gasteiger partial charge < -0.3 is 10.0 Å². The van der Waals surface area contributed by atoms with E-state index < -0.39 is 0 Å². The lowest BCUT2D eigenvalue weighted by atomic mass is 9.76. The lowest BCUT2D eigenvalue weighted by Gasteiger charge is -2.44. The summed E-state index contributed by atoms with van der Waals surface area (Å²) in [5, 5.41) is 10.4. The molecule has 2 nitrogen and oxygen atoms in total. The van der Waals surface area contributed by atoms with Crippen LogP contribution in [0.4, 0.5) is 0 Å². The number of hydrogen-bond donors (Lipinski definition) is 1. The Kier molecular flexibility index (Phi) is 11.9. The second-order valence-corrected chi connectivity index (χ2v) is 7.09. The molecule has 128 valence electrons. The number of unbranched alkanes of at least 4 members (excludes halogenated alkanes) is 5. The van der Waals surface area contributed by atoms with Gasteiger partial charge in [0.15, 0.2) is 0 Å². The Labute approximate surface area is 139 Å².